The van der Waals surface area contributed by atoms with Gasteiger partial charge in [0.05, 0.1) is 5.52 Å². The van der Waals surface area contributed by atoms with E-state index < -0.39 is 17.1 Å². The number of aryl methyl sites for hydroxylation is 2. The van der Waals surface area contributed by atoms with E-state index in [2.05, 4.69) is 45.5 Å². The van der Waals surface area contributed by atoms with Crippen LogP contribution in [0, 0.1) is 6.92 Å². The van der Waals surface area contributed by atoms with Crippen LogP contribution >= 0.6 is 0 Å². The molecule has 0 radical (unpaired) electrons. The first-order valence-electron chi connectivity index (χ1n) is 15.4. The second-order valence-electron chi connectivity index (χ2n) is 11.5. The summed E-state index contributed by atoms with van der Waals surface area (Å²) in [5, 5.41) is 13.0. The molecular formula is C34H40N6O5. The number of hydrogen-bond acceptors (Lipinski definition) is 7. The van der Waals surface area contributed by atoms with Crippen LogP contribution in [0.1, 0.15) is 46.9 Å². The lowest BCUT2D eigenvalue weighted by Crippen LogP contribution is -2.46. The lowest BCUT2D eigenvalue weighted by atomic mass is 10.1. The molecule has 45 heavy (non-hydrogen) atoms. The molecule has 0 spiro atoms. The number of carboxylic acid groups (broad SMARTS) is 1. The maximum absolute atomic E-state index is 12.9. The Balaban J connectivity index is 1.13. The van der Waals surface area contributed by atoms with Crippen molar-refractivity contribution in [2.75, 3.05) is 42.9 Å². The van der Waals surface area contributed by atoms with Crippen molar-refractivity contribution in [2.24, 2.45) is 0 Å². The summed E-state index contributed by atoms with van der Waals surface area (Å²) in [6, 6.07) is 12.9. The molecule has 11 nitrogen and oxygen atoms in total. The third-order valence-corrected chi connectivity index (χ3v) is 8.50. The number of aromatic nitrogens is 3. The number of carbonyl (C=O) groups is 1. The molecule has 1 saturated heterocycles. The Morgan fingerprint density at radius 1 is 1.00 bits per heavy atom. The third-order valence-electron chi connectivity index (χ3n) is 8.50. The van der Waals surface area contributed by atoms with Gasteiger partial charge < -0.3 is 20.3 Å². The number of nitrogens with one attached hydrogen (secondary N) is 3. The normalized spacial score (nSPS) is 13.7. The molecule has 3 heterocycles. The Hall–Kier alpha value is -4.90. The largest absolute Gasteiger partial charge is 0.477 e. The summed E-state index contributed by atoms with van der Waals surface area (Å²) in [5.74, 6) is -0.867. The minimum Gasteiger partial charge on any atom is -0.477 e. The minimum absolute atomic E-state index is 0.240. The number of anilines is 3. The van der Waals surface area contributed by atoms with Crippen LogP contribution in [0.15, 0.2) is 69.5 Å². The summed E-state index contributed by atoms with van der Waals surface area (Å²) in [5.41, 5.74) is 3.68. The van der Waals surface area contributed by atoms with E-state index >= 15 is 0 Å². The maximum Gasteiger partial charge on any atom is 0.341 e. The van der Waals surface area contributed by atoms with Crippen LogP contribution in [0.2, 0.25) is 0 Å². The van der Waals surface area contributed by atoms with Crippen LogP contribution in [-0.4, -0.2) is 63.2 Å². The van der Waals surface area contributed by atoms with E-state index in [1.165, 1.54) is 21.8 Å². The predicted octanol–water partition coefficient (Wildman–Crippen LogP) is 4.02. The van der Waals surface area contributed by atoms with Crippen molar-refractivity contribution in [2.45, 2.75) is 46.1 Å². The van der Waals surface area contributed by atoms with Crippen molar-refractivity contribution in [3.05, 3.63) is 109 Å². The number of H-pyrrole nitrogens is 2. The molecule has 0 saturated carbocycles. The number of unbranched alkanes of at least 4 members (excludes halogenated alkanes) is 1. The number of aromatic amines is 2. The monoisotopic (exact) mass is 612 g/mol. The van der Waals surface area contributed by atoms with Crippen LogP contribution in [0.3, 0.4) is 0 Å². The Kier molecular flexibility index (Phi) is 9.68. The molecule has 1 aliphatic heterocycles. The number of pyridine rings is 1. The molecule has 2 aromatic heterocycles. The molecule has 4 N–H and O–H groups in total. The fourth-order valence-electron chi connectivity index (χ4n) is 5.97. The highest BCUT2D eigenvalue weighted by molar-refractivity contribution is 5.94. The standard InChI is InChI=1S/C34H40N6O5/c1-4-8-27-31(33(43)44)32(42)26-12-11-25(20-28(26)36-27)39-17-15-38(16-18-39)13-6-7-14-40-30(41)21-29(37-34(40)45)35-24-10-9-22(3)23(5-2)19-24/h4,9-12,19-21,35H,1,5-8,13-18H2,2-3H3,(H,36,42)(H,37,45)(H,43,44). The quantitative estimate of drug-likeness (QED) is 0.139. The van der Waals surface area contributed by atoms with Gasteiger partial charge in [0.25, 0.3) is 5.56 Å². The predicted molar refractivity (Wildman–Crippen MR) is 178 cm³/mol. The average molecular weight is 613 g/mol. The molecule has 0 atom stereocenters. The van der Waals surface area contributed by atoms with Gasteiger partial charge in [-0.15, -0.1) is 6.58 Å². The van der Waals surface area contributed by atoms with Gasteiger partial charge in [0.2, 0.25) is 5.43 Å². The van der Waals surface area contributed by atoms with E-state index in [0.717, 1.165) is 56.9 Å². The van der Waals surface area contributed by atoms with Gasteiger partial charge in [-0.1, -0.05) is 19.1 Å². The number of hydrogen-bond donors (Lipinski definition) is 4. The Morgan fingerprint density at radius 3 is 2.44 bits per heavy atom. The summed E-state index contributed by atoms with van der Waals surface area (Å²) >= 11 is 0. The summed E-state index contributed by atoms with van der Waals surface area (Å²) in [6.45, 7) is 12.4. The molecule has 5 rings (SSSR count). The molecule has 0 bridgehead atoms. The SMILES string of the molecule is C=CCc1[nH]c2cc(N3CCN(CCCCn4c(=O)cc(Nc5ccc(C)c(CC)c5)[nH]c4=O)CC3)ccc2c(=O)c1C(=O)O. The van der Waals surface area contributed by atoms with Crippen molar-refractivity contribution in [3.8, 4) is 0 Å². The molecular weight excluding hydrogens is 572 g/mol. The zero-order chi connectivity index (χ0) is 32.1. The number of benzene rings is 2. The van der Waals surface area contributed by atoms with E-state index in [0.29, 0.717) is 35.4 Å². The first-order chi connectivity index (χ1) is 21.7. The Bertz CT molecular complexity index is 1870. The molecule has 0 amide bonds. The van der Waals surface area contributed by atoms with Crippen molar-refractivity contribution in [1.29, 1.82) is 0 Å². The van der Waals surface area contributed by atoms with Crippen LogP contribution in [0.5, 0.6) is 0 Å². The van der Waals surface area contributed by atoms with E-state index in [9.17, 15) is 24.3 Å². The first kappa shape index (κ1) is 31.5. The number of allylic oxidation sites excluding steroid dienone is 1. The van der Waals surface area contributed by atoms with Crippen LogP contribution in [0.25, 0.3) is 10.9 Å². The summed E-state index contributed by atoms with van der Waals surface area (Å²) < 4.78 is 1.25. The van der Waals surface area contributed by atoms with Gasteiger partial charge in [0.15, 0.2) is 0 Å². The highest BCUT2D eigenvalue weighted by atomic mass is 16.4. The number of nitrogens with zero attached hydrogens (tertiary/aromatic N) is 3. The first-order valence-corrected chi connectivity index (χ1v) is 15.4. The number of fused-ring (bicyclic) bond motifs is 1. The number of carboxylic acids is 1. The molecule has 1 aliphatic rings. The second kappa shape index (κ2) is 13.8. The summed E-state index contributed by atoms with van der Waals surface area (Å²) in [4.78, 5) is 60.5. The van der Waals surface area contributed by atoms with Gasteiger partial charge in [0, 0.05) is 67.7 Å². The van der Waals surface area contributed by atoms with E-state index in [4.69, 9.17) is 0 Å². The molecule has 4 aromatic rings. The maximum atomic E-state index is 12.9. The lowest BCUT2D eigenvalue weighted by molar-refractivity contribution is 0.0694. The molecule has 0 unspecified atom stereocenters. The van der Waals surface area contributed by atoms with Crippen LogP contribution in [0.4, 0.5) is 17.2 Å². The summed E-state index contributed by atoms with van der Waals surface area (Å²) in [7, 11) is 0. The molecule has 11 heteroatoms. The zero-order valence-corrected chi connectivity index (χ0v) is 25.8. The van der Waals surface area contributed by atoms with Crippen LogP contribution in [-0.2, 0) is 19.4 Å². The zero-order valence-electron chi connectivity index (χ0n) is 25.8. The third kappa shape index (κ3) is 7.09. The molecule has 0 aliphatic carbocycles. The minimum atomic E-state index is -1.25. The van der Waals surface area contributed by atoms with Gasteiger partial charge in [-0.25, -0.2) is 9.59 Å². The molecule has 236 valence electrons. The van der Waals surface area contributed by atoms with Gasteiger partial charge in [0.1, 0.15) is 11.4 Å². The van der Waals surface area contributed by atoms with E-state index in [1.54, 1.807) is 12.1 Å². The highest BCUT2D eigenvalue weighted by Crippen LogP contribution is 2.23. The fourth-order valence-corrected chi connectivity index (χ4v) is 5.97. The topological polar surface area (TPSA) is 144 Å². The van der Waals surface area contributed by atoms with Crippen molar-refractivity contribution >= 4 is 34.1 Å². The van der Waals surface area contributed by atoms with E-state index in [-0.39, 0.29) is 17.5 Å². The van der Waals surface area contributed by atoms with Crippen LogP contribution < -0.4 is 26.9 Å². The van der Waals surface area contributed by atoms with Crippen molar-refractivity contribution in [1.82, 2.24) is 19.4 Å². The average Bonchev–Trinajstić information content (AvgIpc) is 3.01. The summed E-state index contributed by atoms with van der Waals surface area (Å²) in [6.07, 6.45) is 4.29. The number of piperazine rings is 1. The second-order valence-corrected chi connectivity index (χ2v) is 11.5. The Labute approximate surface area is 260 Å². The van der Waals surface area contributed by atoms with Crippen molar-refractivity contribution in [3.63, 3.8) is 0 Å². The number of rotatable bonds is 12. The van der Waals surface area contributed by atoms with E-state index in [1.807, 2.05) is 30.3 Å². The molecule has 1 fully saturated rings. The molecule has 2 aromatic carbocycles. The fraction of sp³-hybridized carbons (Fsp3) is 0.353. The lowest BCUT2D eigenvalue weighted by Gasteiger charge is -2.36. The smallest absolute Gasteiger partial charge is 0.341 e. The van der Waals surface area contributed by atoms with Gasteiger partial charge in [-0.05, 0) is 74.2 Å². The van der Waals surface area contributed by atoms with Gasteiger partial charge in [-0.2, -0.15) is 0 Å². The number of aromatic carboxylic acids is 1. The van der Waals surface area contributed by atoms with Gasteiger partial charge >= 0.3 is 11.7 Å². The highest BCUT2D eigenvalue weighted by Gasteiger charge is 2.20. The van der Waals surface area contributed by atoms with Crippen molar-refractivity contribution < 1.29 is 9.90 Å². The Morgan fingerprint density at radius 2 is 1.76 bits per heavy atom. The van der Waals surface area contributed by atoms with Gasteiger partial charge in [-0.3, -0.25) is 24.0 Å².